The Bertz CT molecular complexity index is 1230. The minimum atomic E-state index is -0.987. The zero-order valence-electron chi connectivity index (χ0n) is 20.1. The third-order valence-electron chi connectivity index (χ3n) is 5.62. The van der Waals surface area contributed by atoms with E-state index >= 15 is 0 Å². The van der Waals surface area contributed by atoms with Gasteiger partial charge in [-0.05, 0) is 71.1 Å². The van der Waals surface area contributed by atoms with Crippen LogP contribution in [0.2, 0.25) is 0 Å². The zero-order valence-corrected chi connectivity index (χ0v) is 20.9. The largest absolute Gasteiger partial charge is 0.477 e. The Hall–Kier alpha value is -3.47. The predicted octanol–water partition coefficient (Wildman–Crippen LogP) is 5.05. The number of hydrogen-bond acceptors (Lipinski definition) is 9. The third kappa shape index (κ3) is 5.97. The Kier molecular flexibility index (Phi) is 7.06. The highest BCUT2D eigenvalue weighted by atomic mass is 32.1. The summed E-state index contributed by atoms with van der Waals surface area (Å²) >= 11 is 1.12. The molecule has 3 heterocycles. The first-order chi connectivity index (χ1) is 16.6. The summed E-state index contributed by atoms with van der Waals surface area (Å²) in [5.74, 6) is -0.0489. The number of fused-ring (bicyclic) bond motifs is 1. The molecule has 0 saturated heterocycles. The number of amides is 1. The van der Waals surface area contributed by atoms with Gasteiger partial charge in [0, 0.05) is 12.2 Å². The van der Waals surface area contributed by atoms with Crippen LogP contribution in [0.15, 0.2) is 24.7 Å². The summed E-state index contributed by atoms with van der Waals surface area (Å²) in [7, 11) is 0. The summed E-state index contributed by atoms with van der Waals surface area (Å²) < 4.78 is 11.6. The molecule has 4 rings (SSSR count). The molecule has 0 aromatic carbocycles. The van der Waals surface area contributed by atoms with Crippen LogP contribution in [0, 0.1) is 6.92 Å². The summed E-state index contributed by atoms with van der Waals surface area (Å²) in [6.45, 7) is 7.27. The Morgan fingerprint density at radius 3 is 2.57 bits per heavy atom. The molecule has 1 aliphatic carbocycles. The fraction of sp³-hybridized carbons (Fsp3) is 0.458. The number of hydrogen-bond donors (Lipinski definition) is 3. The number of aromatic nitrogens is 3. The van der Waals surface area contributed by atoms with Crippen LogP contribution >= 0.6 is 11.3 Å². The van der Waals surface area contributed by atoms with Crippen LogP contribution in [0.5, 0.6) is 5.88 Å². The van der Waals surface area contributed by atoms with Crippen LogP contribution in [0.4, 0.5) is 16.3 Å². The average molecular weight is 500 g/mol. The lowest BCUT2D eigenvalue weighted by atomic mass is 9.93. The van der Waals surface area contributed by atoms with Crippen molar-refractivity contribution in [3.8, 4) is 5.88 Å². The van der Waals surface area contributed by atoms with Gasteiger partial charge < -0.3 is 25.2 Å². The fourth-order valence-corrected chi connectivity index (χ4v) is 5.02. The Balaban J connectivity index is 1.43. The summed E-state index contributed by atoms with van der Waals surface area (Å²) in [6.07, 6.45) is 5.69. The van der Waals surface area contributed by atoms with Crippen molar-refractivity contribution >= 4 is 45.1 Å². The third-order valence-corrected chi connectivity index (χ3v) is 6.81. The SMILES string of the molecule is Cc1c(C(=O)O)sc2ncnc(Nc3cccnc3O[C@H]3CC[C@H](NC(=O)OC(C)(C)C)CC3)c12. The van der Waals surface area contributed by atoms with Crippen molar-refractivity contribution in [3.05, 3.63) is 35.1 Å². The smallest absolute Gasteiger partial charge is 0.407 e. The normalized spacial score (nSPS) is 18.2. The van der Waals surface area contributed by atoms with Crippen molar-refractivity contribution in [1.29, 1.82) is 0 Å². The van der Waals surface area contributed by atoms with Crippen molar-refractivity contribution in [3.63, 3.8) is 0 Å². The van der Waals surface area contributed by atoms with Crippen molar-refractivity contribution in [2.24, 2.45) is 0 Å². The van der Waals surface area contributed by atoms with Gasteiger partial charge in [-0.1, -0.05) is 0 Å². The highest BCUT2D eigenvalue weighted by Gasteiger charge is 2.27. The molecule has 1 aliphatic rings. The summed E-state index contributed by atoms with van der Waals surface area (Å²) in [6, 6.07) is 3.68. The van der Waals surface area contributed by atoms with Gasteiger partial charge in [0.1, 0.15) is 39.2 Å². The molecule has 0 spiro atoms. The molecule has 0 unspecified atom stereocenters. The van der Waals surface area contributed by atoms with E-state index in [1.807, 2.05) is 26.8 Å². The van der Waals surface area contributed by atoms with Gasteiger partial charge in [0.25, 0.3) is 0 Å². The van der Waals surface area contributed by atoms with E-state index in [0.717, 1.165) is 37.0 Å². The van der Waals surface area contributed by atoms with Crippen LogP contribution in [-0.2, 0) is 4.74 Å². The van der Waals surface area contributed by atoms with E-state index in [2.05, 4.69) is 25.6 Å². The maximum absolute atomic E-state index is 12.0. The molecule has 0 bridgehead atoms. The second-order valence-electron chi connectivity index (χ2n) is 9.48. The van der Waals surface area contributed by atoms with E-state index in [0.29, 0.717) is 33.2 Å². The number of aromatic carboxylic acids is 1. The van der Waals surface area contributed by atoms with Crippen LogP contribution < -0.4 is 15.4 Å². The summed E-state index contributed by atoms with van der Waals surface area (Å²) in [5, 5.41) is 16.3. The first-order valence-electron chi connectivity index (χ1n) is 11.5. The number of ether oxygens (including phenoxy) is 2. The number of rotatable bonds is 6. The number of aryl methyl sites for hydroxylation is 1. The molecule has 3 aromatic heterocycles. The highest BCUT2D eigenvalue weighted by Crippen LogP contribution is 2.36. The number of thiophene rings is 1. The number of anilines is 2. The molecule has 1 fully saturated rings. The fourth-order valence-electron chi connectivity index (χ4n) is 4.03. The first kappa shape index (κ1) is 24.6. The standard InChI is InChI=1S/C24H29N5O5S/c1-13-17-19(26-12-27-21(17)35-18(13)22(30)31)29-16-6-5-11-25-20(16)33-15-9-7-14(8-10-15)28-23(32)34-24(2,3)4/h5-6,11-12,14-15H,7-10H2,1-4H3,(H,28,32)(H,30,31)(H,26,27,29)/t14-,15-. The molecule has 11 heteroatoms. The van der Waals surface area contributed by atoms with Gasteiger partial charge >= 0.3 is 12.1 Å². The van der Waals surface area contributed by atoms with E-state index in [1.165, 1.54) is 6.33 Å². The van der Waals surface area contributed by atoms with Crippen LogP contribution in [0.1, 0.15) is 61.7 Å². The molecule has 0 aliphatic heterocycles. The number of carboxylic acid groups (broad SMARTS) is 1. The summed E-state index contributed by atoms with van der Waals surface area (Å²) in [5.41, 5.74) is 0.713. The number of carbonyl (C=O) groups is 2. The second kappa shape index (κ2) is 10.0. The molecule has 3 aromatic rings. The van der Waals surface area contributed by atoms with Crippen LogP contribution in [0.3, 0.4) is 0 Å². The topological polar surface area (TPSA) is 136 Å². The second-order valence-corrected chi connectivity index (χ2v) is 10.5. The Labute approximate surface area is 207 Å². The molecular weight excluding hydrogens is 470 g/mol. The highest BCUT2D eigenvalue weighted by molar-refractivity contribution is 7.20. The predicted molar refractivity (Wildman–Crippen MR) is 133 cm³/mol. The van der Waals surface area contributed by atoms with Gasteiger partial charge in [0.15, 0.2) is 0 Å². The lowest BCUT2D eigenvalue weighted by Gasteiger charge is -2.30. The van der Waals surface area contributed by atoms with E-state index in [4.69, 9.17) is 9.47 Å². The van der Waals surface area contributed by atoms with Crippen molar-refractivity contribution in [2.75, 3.05) is 5.32 Å². The molecule has 0 radical (unpaired) electrons. The minimum absolute atomic E-state index is 0.0466. The lowest BCUT2D eigenvalue weighted by Crippen LogP contribution is -2.42. The molecule has 3 N–H and O–H groups in total. The minimum Gasteiger partial charge on any atom is -0.477 e. The Morgan fingerprint density at radius 2 is 1.89 bits per heavy atom. The molecule has 1 amide bonds. The molecular formula is C24H29N5O5S. The first-order valence-corrected chi connectivity index (χ1v) is 12.3. The van der Waals surface area contributed by atoms with Gasteiger partial charge in [-0.3, -0.25) is 0 Å². The molecule has 0 atom stereocenters. The van der Waals surface area contributed by atoms with Gasteiger partial charge in [-0.25, -0.2) is 24.5 Å². The van der Waals surface area contributed by atoms with Crippen LogP contribution in [-0.4, -0.2) is 49.9 Å². The number of nitrogens with one attached hydrogen (secondary N) is 2. The van der Waals surface area contributed by atoms with E-state index in [-0.39, 0.29) is 17.0 Å². The van der Waals surface area contributed by atoms with Crippen molar-refractivity contribution in [1.82, 2.24) is 20.3 Å². The monoisotopic (exact) mass is 499 g/mol. The number of pyridine rings is 1. The van der Waals surface area contributed by atoms with E-state index in [9.17, 15) is 14.7 Å². The maximum Gasteiger partial charge on any atom is 0.407 e. The molecule has 35 heavy (non-hydrogen) atoms. The number of alkyl carbamates (subject to hydrolysis) is 1. The molecule has 1 saturated carbocycles. The Morgan fingerprint density at radius 1 is 1.14 bits per heavy atom. The summed E-state index contributed by atoms with van der Waals surface area (Å²) in [4.78, 5) is 37.4. The molecule has 186 valence electrons. The van der Waals surface area contributed by atoms with E-state index in [1.54, 1.807) is 19.2 Å². The van der Waals surface area contributed by atoms with Gasteiger partial charge in [-0.15, -0.1) is 11.3 Å². The number of carbonyl (C=O) groups excluding carboxylic acids is 1. The maximum atomic E-state index is 12.0. The quantitative estimate of drug-likeness (QED) is 0.425. The van der Waals surface area contributed by atoms with E-state index < -0.39 is 17.7 Å². The number of nitrogens with zero attached hydrogens (tertiary/aromatic N) is 3. The van der Waals surface area contributed by atoms with Gasteiger partial charge in [0.2, 0.25) is 5.88 Å². The number of carboxylic acids is 1. The van der Waals surface area contributed by atoms with Crippen molar-refractivity contribution < 1.29 is 24.2 Å². The van der Waals surface area contributed by atoms with Gasteiger partial charge in [-0.2, -0.15) is 0 Å². The van der Waals surface area contributed by atoms with Crippen LogP contribution in [0.25, 0.3) is 10.2 Å². The van der Waals surface area contributed by atoms with Gasteiger partial charge in [0.05, 0.1) is 5.39 Å². The zero-order chi connectivity index (χ0) is 25.2. The van der Waals surface area contributed by atoms with Crippen molar-refractivity contribution in [2.45, 2.75) is 71.1 Å². The lowest BCUT2D eigenvalue weighted by molar-refractivity contribution is 0.0469. The molecule has 10 nitrogen and oxygen atoms in total. The average Bonchev–Trinajstić information content (AvgIpc) is 3.13.